The summed E-state index contributed by atoms with van der Waals surface area (Å²) in [7, 11) is -4.26. The zero-order chi connectivity index (χ0) is 32.4. The van der Waals surface area contributed by atoms with E-state index in [0.29, 0.717) is 34.3 Å². The quantitative estimate of drug-likeness (QED) is 0.176. The molecule has 1 atom stereocenters. The van der Waals surface area contributed by atoms with Gasteiger partial charge in [-0.05, 0) is 79.6 Å². The number of hydrogen-bond donors (Lipinski definition) is 1. The lowest BCUT2D eigenvalue weighted by atomic mass is 10.1. The maximum Gasteiger partial charge on any atom is 0.264 e. The van der Waals surface area contributed by atoms with Crippen molar-refractivity contribution in [1.82, 2.24) is 10.2 Å². The smallest absolute Gasteiger partial charge is 0.264 e. The maximum atomic E-state index is 14.3. The molecule has 0 bridgehead atoms. The van der Waals surface area contributed by atoms with Crippen LogP contribution in [0.1, 0.15) is 39.7 Å². The van der Waals surface area contributed by atoms with Crippen molar-refractivity contribution < 1.29 is 22.7 Å². The summed E-state index contributed by atoms with van der Waals surface area (Å²) in [6.07, 6.45) is 2.19. The van der Waals surface area contributed by atoms with Crippen molar-refractivity contribution in [3.05, 3.63) is 82.3 Å². The van der Waals surface area contributed by atoms with Gasteiger partial charge in [-0.25, -0.2) is 8.42 Å². The van der Waals surface area contributed by atoms with Crippen LogP contribution in [-0.2, 0) is 26.2 Å². The second kappa shape index (κ2) is 16.4. The van der Waals surface area contributed by atoms with Crippen molar-refractivity contribution in [2.75, 3.05) is 30.3 Å². The molecule has 3 aromatic rings. The molecule has 0 spiro atoms. The van der Waals surface area contributed by atoms with E-state index in [9.17, 15) is 18.0 Å². The Bertz CT molecular complexity index is 1540. The predicted molar refractivity (Wildman–Crippen MR) is 179 cm³/mol. The van der Waals surface area contributed by atoms with Gasteiger partial charge in [0.2, 0.25) is 11.8 Å². The lowest BCUT2D eigenvalue weighted by Crippen LogP contribution is -2.52. The lowest BCUT2D eigenvalue weighted by Gasteiger charge is -2.34. The number of para-hydroxylation sites is 2. The molecule has 44 heavy (non-hydrogen) atoms. The number of rotatable bonds is 15. The van der Waals surface area contributed by atoms with Crippen molar-refractivity contribution in [1.29, 1.82) is 0 Å². The molecule has 8 nitrogen and oxygen atoms in total. The SMILES string of the molecule is CCOc1ccccc1N(CC(=O)N(Cc1ccc(Cl)cc1Cl)[C@@H](CC)C(=O)NCC(C)C)S(=O)(=O)c1ccc(SC)cc1. The molecule has 12 heteroatoms. The summed E-state index contributed by atoms with van der Waals surface area (Å²) in [5.74, 6) is -0.421. The first kappa shape index (κ1) is 35.6. The van der Waals surface area contributed by atoms with Gasteiger partial charge in [0, 0.05) is 28.0 Å². The molecular weight excluding hydrogens is 641 g/mol. The van der Waals surface area contributed by atoms with E-state index in [4.69, 9.17) is 27.9 Å². The predicted octanol–water partition coefficient (Wildman–Crippen LogP) is 6.89. The average molecular weight is 681 g/mol. The summed E-state index contributed by atoms with van der Waals surface area (Å²) in [6, 6.07) is 17.1. The van der Waals surface area contributed by atoms with Crippen molar-refractivity contribution in [2.24, 2.45) is 5.92 Å². The van der Waals surface area contributed by atoms with Crippen LogP contribution in [0.5, 0.6) is 5.75 Å². The molecule has 238 valence electrons. The van der Waals surface area contributed by atoms with Crippen LogP contribution in [0.3, 0.4) is 0 Å². The maximum absolute atomic E-state index is 14.3. The standard InChI is InChI=1S/C32H39Cl2N3O5S2/c1-6-28(32(39)35-19-22(3)4)36(20-23-12-13-24(33)18-27(23)34)31(38)21-37(29-10-8-9-11-30(29)42-7-2)44(40,41)26-16-14-25(43-5)15-17-26/h8-18,22,28H,6-7,19-21H2,1-5H3,(H,35,39)/t28-/m0/s1. The van der Waals surface area contributed by atoms with Gasteiger partial charge in [0.25, 0.3) is 10.0 Å². The van der Waals surface area contributed by atoms with Crippen LogP contribution in [0.2, 0.25) is 10.0 Å². The van der Waals surface area contributed by atoms with Gasteiger partial charge in [0.1, 0.15) is 18.3 Å². The number of hydrogen-bond acceptors (Lipinski definition) is 6. The number of ether oxygens (including phenoxy) is 1. The number of benzene rings is 3. The Hall–Kier alpha value is -2.92. The van der Waals surface area contributed by atoms with E-state index in [1.165, 1.54) is 28.8 Å². The van der Waals surface area contributed by atoms with Crippen LogP contribution in [0.15, 0.2) is 76.5 Å². The van der Waals surface area contributed by atoms with E-state index < -0.39 is 28.5 Å². The van der Waals surface area contributed by atoms with E-state index in [0.717, 1.165) is 9.20 Å². The second-order valence-electron chi connectivity index (χ2n) is 10.4. The summed E-state index contributed by atoms with van der Waals surface area (Å²) in [6.45, 7) is 7.63. The third-order valence-corrected chi connectivity index (χ3v) is 9.89. The Balaban J connectivity index is 2.12. The molecule has 0 aromatic heterocycles. The van der Waals surface area contributed by atoms with Crippen LogP contribution in [0.4, 0.5) is 5.69 Å². The highest BCUT2D eigenvalue weighted by molar-refractivity contribution is 7.98. The topological polar surface area (TPSA) is 96.0 Å². The van der Waals surface area contributed by atoms with E-state index in [1.807, 2.05) is 20.1 Å². The average Bonchev–Trinajstić information content (AvgIpc) is 3.00. The highest BCUT2D eigenvalue weighted by Crippen LogP contribution is 2.33. The first-order valence-corrected chi connectivity index (χ1v) is 17.7. The van der Waals surface area contributed by atoms with Gasteiger partial charge in [0.15, 0.2) is 0 Å². The molecule has 2 amide bonds. The Morgan fingerprint density at radius 2 is 1.68 bits per heavy atom. The zero-order valence-electron chi connectivity index (χ0n) is 25.5. The number of halogens is 2. The molecular formula is C32H39Cl2N3O5S2. The fourth-order valence-corrected chi connectivity index (χ4v) is 6.81. The number of carbonyl (C=O) groups excluding carboxylic acids is 2. The minimum absolute atomic E-state index is 0.0171. The monoisotopic (exact) mass is 679 g/mol. The number of nitrogens with zero attached hydrogens (tertiary/aromatic N) is 2. The van der Waals surface area contributed by atoms with Crippen molar-refractivity contribution in [3.8, 4) is 5.75 Å². The van der Waals surface area contributed by atoms with Crippen molar-refractivity contribution >= 4 is 62.5 Å². The van der Waals surface area contributed by atoms with Gasteiger partial charge in [-0.15, -0.1) is 11.8 Å². The van der Waals surface area contributed by atoms with Gasteiger partial charge >= 0.3 is 0 Å². The lowest BCUT2D eigenvalue weighted by molar-refractivity contribution is -0.140. The van der Waals surface area contributed by atoms with Crippen molar-refractivity contribution in [2.45, 2.75) is 56.5 Å². The molecule has 0 aliphatic rings. The molecule has 0 aliphatic heterocycles. The molecule has 0 radical (unpaired) electrons. The second-order valence-corrected chi connectivity index (χ2v) is 14.0. The highest BCUT2D eigenvalue weighted by atomic mass is 35.5. The Morgan fingerprint density at radius 1 is 1.00 bits per heavy atom. The summed E-state index contributed by atoms with van der Waals surface area (Å²) >= 11 is 14.1. The van der Waals surface area contributed by atoms with Gasteiger partial charge < -0.3 is 15.0 Å². The molecule has 0 heterocycles. The third kappa shape index (κ3) is 9.06. The molecule has 0 saturated carbocycles. The number of anilines is 1. The number of nitrogens with one attached hydrogen (secondary N) is 1. The Morgan fingerprint density at radius 3 is 2.27 bits per heavy atom. The summed E-state index contributed by atoms with van der Waals surface area (Å²) in [5, 5.41) is 3.67. The van der Waals surface area contributed by atoms with Crippen LogP contribution in [0, 0.1) is 5.92 Å². The molecule has 1 N–H and O–H groups in total. The first-order chi connectivity index (χ1) is 20.9. The van der Waals surface area contributed by atoms with Crippen LogP contribution >= 0.6 is 35.0 Å². The Labute approximate surface area is 275 Å². The minimum atomic E-state index is -4.26. The van der Waals surface area contributed by atoms with E-state index in [2.05, 4.69) is 5.32 Å². The molecule has 0 aliphatic carbocycles. The van der Waals surface area contributed by atoms with Crippen LogP contribution in [-0.4, -0.2) is 57.1 Å². The van der Waals surface area contributed by atoms with Gasteiger partial charge in [0.05, 0.1) is 17.2 Å². The number of carbonyl (C=O) groups is 2. The minimum Gasteiger partial charge on any atom is -0.492 e. The largest absolute Gasteiger partial charge is 0.492 e. The van der Waals surface area contributed by atoms with Gasteiger partial charge in [-0.1, -0.05) is 62.2 Å². The van der Waals surface area contributed by atoms with Crippen LogP contribution in [0.25, 0.3) is 0 Å². The first-order valence-electron chi connectivity index (χ1n) is 14.3. The van der Waals surface area contributed by atoms with Crippen molar-refractivity contribution in [3.63, 3.8) is 0 Å². The van der Waals surface area contributed by atoms with Gasteiger partial charge in [-0.2, -0.15) is 0 Å². The highest BCUT2D eigenvalue weighted by Gasteiger charge is 2.35. The zero-order valence-corrected chi connectivity index (χ0v) is 28.7. The third-order valence-electron chi connectivity index (χ3n) is 6.79. The molecule has 0 saturated heterocycles. The normalized spacial score (nSPS) is 12.1. The summed E-state index contributed by atoms with van der Waals surface area (Å²) < 4.78 is 35.3. The number of sulfonamides is 1. The molecule has 3 aromatic carbocycles. The van der Waals surface area contributed by atoms with E-state index >= 15 is 0 Å². The molecule has 0 fully saturated rings. The fourth-order valence-electron chi connectivity index (χ4n) is 4.50. The van der Waals surface area contributed by atoms with E-state index in [1.54, 1.807) is 68.4 Å². The summed E-state index contributed by atoms with van der Waals surface area (Å²) in [4.78, 5) is 30.0. The summed E-state index contributed by atoms with van der Waals surface area (Å²) in [5.41, 5.74) is 0.773. The number of thioether (sulfide) groups is 1. The Kier molecular flexibility index (Phi) is 13.3. The van der Waals surface area contributed by atoms with Crippen LogP contribution < -0.4 is 14.4 Å². The number of amides is 2. The van der Waals surface area contributed by atoms with E-state index in [-0.39, 0.29) is 35.6 Å². The fraction of sp³-hybridized carbons (Fsp3) is 0.375. The molecule has 3 rings (SSSR count). The van der Waals surface area contributed by atoms with Gasteiger partial charge in [-0.3, -0.25) is 13.9 Å². The molecule has 0 unspecified atom stereocenters.